The highest BCUT2D eigenvalue weighted by molar-refractivity contribution is 7.11. The number of piperidine rings is 1. The van der Waals surface area contributed by atoms with Gasteiger partial charge in [0.05, 0.1) is 23.2 Å². The summed E-state index contributed by atoms with van der Waals surface area (Å²) in [7, 11) is 1.43. The maximum absolute atomic E-state index is 12.6. The number of methoxy groups -OCH3 is 1. The maximum atomic E-state index is 12.6. The summed E-state index contributed by atoms with van der Waals surface area (Å²) in [6.07, 6.45) is 1.90. The number of benzene rings is 1. The molecule has 0 saturated carbocycles. The lowest BCUT2D eigenvalue weighted by atomic mass is 9.73. The number of hydrogen-bond donors (Lipinski definition) is 1. The Balaban J connectivity index is 1.58. The van der Waals surface area contributed by atoms with E-state index in [0.717, 1.165) is 22.7 Å². The Morgan fingerprint density at radius 1 is 1.21 bits per heavy atom. The zero-order valence-electron chi connectivity index (χ0n) is 16.7. The van der Waals surface area contributed by atoms with Crippen molar-refractivity contribution >= 4 is 23.3 Å². The molecule has 7 heteroatoms. The number of carbonyl (C=O) groups is 2. The van der Waals surface area contributed by atoms with Crippen LogP contribution in [0.3, 0.4) is 0 Å². The van der Waals surface area contributed by atoms with E-state index in [1.165, 1.54) is 12.0 Å². The second kappa shape index (κ2) is 8.73. The third kappa shape index (κ3) is 4.19. The summed E-state index contributed by atoms with van der Waals surface area (Å²) in [4.78, 5) is 32.6. The van der Waals surface area contributed by atoms with Gasteiger partial charge in [-0.3, -0.25) is 4.79 Å². The highest BCUT2D eigenvalue weighted by Crippen LogP contribution is 2.36. The number of likely N-dealkylation sites (tertiary alicyclic amines) is 1. The highest BCUT2D eigenvalue weighted by atomic mass is 32.1. The number of rotatable bonds is 5. The van der Waals surface area contributed by atoms with E-state index in [1.54, 1.807) is 16.2 Å². The summed E-state index contributed by atoms with van der Waals surface area (Å²) in [5, 5.41) is 4.05. The second-order valence-electron chi connectivity index (χ2n) is 7.15. The fourth-order valence-corrected chi connectivity index (χ4v) is 4.79. The van der Waals surface area contributed by atoms with E-state index < -0.39 is 5.41 Å². The van der Waals surface area contributed by atoms with Crippen molar-refractivity contribution in [2.24, 2.45) is 0 Å². The van der Waals surface area contributed by atoms with Gasteiger partial charge in [0.15, 0.2) is 0 Å². The molecule has 0 atom stereocenters. The summed E-state index contributed by atoms with van der Waals surface area (Å²) in [5.41, 5.74) is 1.32. The quantitative estimate of drug-likeness (QED) is 0.781. The largest absolute Gasteiger partial charge is 0.468 e. The lowest BCUT2D eigenvalue weighted by Crippen LogP contribution is -2.52. The van der Waals surface area contributed by atoms with E-state index in [0.29, 0.717) is 32.5 Å². The monoisotopic (exact) mass is 401 g/mol. The first-order valence-electron chi connectivity index (χ1n) is 9.56. The van der Waals surface area contributed by atoms with Gasteiger partial charge in [-0.25, -0.2) is 9.78 Å². The predicted molar refractivity (Wildman–Crippen MR) is 110 cm³/mol. The summed E-state index contributed by atoms with van der Waals surface area (Å²) >= 11 is 1.68. The van der Waals surface area contributed by atoms with Crippen molar-refractivity contribution in [1.29, 1.82) is 0 Å². The van der Waals surface area contributed by atoms with Crippen molar-refractivity contribution in [3.05, 3.63) is 51.5 Å². The molecule has 2 heterocycles. The molecule has 1 N–H and O–H groups in total. The number of ether oxygens (including phenoxy) is 1. The smallest absolute Gasteiger partial charge is 0.317 e. The molecule has 1 saturated heterocycles. The molecular formula is C21H27N3O3S. The highest BCUT2D eigenvalue weighted by Gasteiger charge is 2.44. The molecule has 0 aliphatic carbocycles. The lowest BCUT2D eigenvalue weighted by Gasteiger charge is -2.40. The van der Waals surface area contributed by atoms with E-state index in [-0.39, 0.29) is 12.0 Å². The Hall–Kier alpha value is -2.41. The minimum absolute atomic E-state index is 0.0783. The number of carbonyl (C=O) groups excluding carboxylic acids is 2. The van der Waals surface area contributed by atoms with Crippen molar-refractivity contribution in [2.75, 3.05) is 26.7 Å². The molecule has 1 aliphatic heterocycles. The number of hydrogen-bond acceptors (Lipinski definition) is 5. The van der Waals surface area contributed by atoms with Gasteiger partial charge in [0, 0.05) is 30.9 Å². The zero-order valence-corrected chi connectivity index (χ0v) is 17.5. The lowest BCUT2D eigenvalue weighted by molar-refractivity contribution is -0.149. The van der Waals surface area contributed by atoms with Crippen molar-refractivity contribution in [3.8, 4) is 0 Å². The molecule has 1 aliphatic rings. The summed E-state index contributed by atoms with van der Waals surface area (Å²) < 4.78 is 5.11. The predicted octanol–water partition coefficient (Wildman–Crippen LogP) is 3.22. The van der Waals surface area contributed by atoms with E-state index >= 15 is 0 Å². The van der Waals surface area contributed by atoms with E-state index in [4.69, 9.17) is 4.74 Å². The Bertz CT molecular complexity index is 827. The molecule has 0 unspecified atom stereocenters. The van der Waals surface area contributed by atoms with Gasteiger partial charge >= 0.3 is 12.0 Å². The first-order valence-corrected chi connectivity index (χ1v) is 10.4. The van der Waals surface area contributed by atoms with Crippen molar-refractivity contribution in [1.82, 2.24) is 15.2 Å². The number of urea groups is 1. The van der Waals surface area contributed by atoms with Gasteiger partial charge in [-0.05, 0) is 32.3 Å². The molecular weight excluding hydrogens is 374 g/mol. The van der Waals surface area contributed by atoms with Gasteiger partial charge < -0.3 is 15.0 Å². The Morgan fingerprint density at radius 2 is 1.89 bits per heavy atom. The fraction of sp³-hybridized carbons (Fsp3) is 0.476. The molecule has 6 nitrogen and oxygen atoms in total. The van der Waals surface area contributed by atoms with Gasteiger partial charge in [-0.2, -0.15) is 0 Å². The van der Waals surface area contributed by atoms with Crippen LogP contribution in [-0.2, 0) is 21.4 Å². The van der Waals surface area contributed by atoms with Crippen LogP contribution in [0, 0.1) is 13.8 Å². The van der Waals surface area contributed by atoms with Crippen LogP contribution in [0.2, 0.25) is 0 Å². The molecule has 1 aromatic carbocycles. The molecule has 1 fully saturated rings. The number of aromatic nitrogens is 1. The van der Waals surface area contributed by atoms with E-state index in [2.05, 4.69) is 10.3 Å². The number of thiazole rings is 1. The van der Waals surface area contributed by atoms with E-state index in [1.807, 2.05) is 44.2 Å². The normalized spacial score (nSPS) is 15.9. The van der Waals surface area contributed by atoms with Crippen molar-refractivity contribution in [2.45, 2.75) is 38.5 Å². The molecule has 0 spiro atoms. The standard InChI is InChI=1S/C21H27N3O3S/c1-15-18(28-16(2)23-15)9-12-22-20(26)24-13-10-21(11-14-24,19(25)27-3)17-7-5-4-6-8-17/h4-8H,9-14H2,1-3H3,(H,22,26). The van der Waals surface area contributed by atoms with Gasteiger partial charge in [-0.15, -0.1) is 11.3 Å². The van der Waals surface area contributed by atoms with Gasteiger partial charge in [0.1, 0.15) is 0 Å². The Labute approximate surface area is 169 Å². The summed E-state index contributed by atoms with van der Waals surface area (Å²) in [5.74, 6) is -0.227. The number of aryl methyl sites for hydroxylation is 2. The number of nitrogens with one attached hydrogen (secondary N) is 1. The van der Waals surface area contributed by atoms with Crippen LogP contribution in [0.15, 0.2) is 30.3 Å². The number of esters is 1. The van der Waals surface area contributed by atoms with Crippen molar-refractivity contribution in [3.63, 3.8) is 0 Å². The molecule has 2 aromatic rings. The Kier molecular flexibility index (Phi) is 6.34. The van der Waals surface area contributed by atoms with Crippen LogP contribution < -0.4 is 5.32 Å². The fourth-order valence-electron chi connectivity index (χ4n) is 3.85. The van der Waals surface area contributed by atoms with Crippen molar-refractivity contribution < 1.29 is 14.3 Å². The SMILES string of the molecule is COC(=O)C1(c2ccccc2)CCN(C(=O)NCCc2sc(C)nc2C)CC1. The zero-order chi connectivity index (χ0) is 20.1. The molecule has 2 amide bonds. The number of amides is 2. The molecule has 0 bridgehead atoms. The van der Waals surface area contributed by atoms with Gasteiger partial charge in [0.25, 0.3) is 0 Å². The van der Waals surface area contributed by atoms with Gasteiger partial charge in [-0.1, -0.05) is 30.3 Å². The summed E-state index contributed by atoms with van der Waals surface area (Å²) in [6.45, 7) is 5.62. The van der Waals surface area contributed by atoms with Crippen LogP contribution in [-0.4, -0.2) is 48.6 Å². The minimum Gasteiger partial charge on any atom is -0.468 e. The third-order valence-electron chi connectivity index (χ3n) is 5.43. The summed E-state index contributed by atoms with van der Waals surface area (Å²) in [6, 6.07) is 9.65. The van der Waals surface area contributed by atoms with Gasteiger partial charge in [0.2, 0.25) is 0 Å². The average molecular weight is 402 g/mol. The van der Waals surface area contributed by atoms with Crippen LogP contribution in [0.25, 0.3) is 0 Å². The second-order valence-corrected chi connectivity index (χ2v) is 8.44. The van der Waals surface area contributed by atoms with E-state index in [9.17, 15) is 9.59 Å². The molecule has 150 valence electrons. The molecule has 1 aromatic heterocycles. The Morgan fingerprint density at radius 3 is 2.46 bits per heavy atom. The maximum Gasteiger partial charge on any atom is 0.317 e. The average Bonchev–Trinajstić information content (AvgIpc) is 3.05. The first-order chi connectivity index (χ1) is 13.5. The number of nitrogens with zero attached hydrogens (tertiary/aromatic N) is 2. The topological polar surface area (TPSA) is 71.5 Å². The van der Waals surface area contributed by atoms with Crippen LogP contribution in [0.4, 0.5) is 4.79 Å². The molecule has 0 radical (unpaired) electrons. The molecule has 3 rings (SSSR count). The van der Waals surface area contributed by atoms with Crippen LogP contribution in [0.1, 0.15) is 34.0 Å². The minimum atomic E-state index is -0.677. The molecule has 28 heavy (non-hydrogen) atoms. The third-order valence-corrected chi connectivity index (χ3v) is 6.57. The first kappa shape index (κ1) is 20.3. The van der Waals surface area contributed by atoms with Crippen LogP contribution >= 0.6 is 11.3 Å². The van der Waals surface area contributed by atoms with Crippen LogP contribution in [0.5, 0.6) is 0 Å².